The number of hydrogen-bond acceptors (Lipinski definition) is 1. The number of halogens is 2. The minimum Gasteiger partial charge on any atom is -0.316 e. The summed E-state index contributed by atoms with van der Waals surface area (Å²) in [5.41, 5.74) is 0.231. The SMILES string of the molecule is CC1(c2cc(F)ccc2F)CCNC1. The van der Waals surface area contributed by atoms with Gasteiger partial charge < -0.3 is 5.32 Å². The second kappa shape index (κ2) is 3.31. The van der Waals surface area contributed by atoms with Crippen molar-refractivity contribution in [1.29, 1.82) is 0 Å². The number of nitrogens with one attached hydrogen (secondary N) is 1. The molecule has 1 aliphatic rings. The Morgan fingerprint density at radius 3 is 2.79 bits per heavy atom. The number of rotatable bonds is 1. The second-order valence-corrected chi connectivity index (χ2v) is 4.11. The Kier molecular flexibility index (Phi) is 2.27. The van der Waals surface area contributed by atoms with Crippen molar-refractivity contribution >= 4 is 0 Å². The van der Waals surface area contributed by atoms with Gasteiger partial charge in [0.25, 0.3) is 0 Å². The molecular formula is C11H13F2N. The van der Waals surface area contributed by atoms with Crippen LogP contribution in [0.4, 0.5) is 8.78 Å². The van der Waals surface area contributed by atoms with Crippen LogP contribution in [0.15, 0.2) is 18.2 Å². The first-order valence-electron chi connectivity index (χ1n) is 4.78. The summed E-state index contributed by atoms with van der Waals surface area (Å²) < 4.78 is 26.5. The molecule has 76 valence electrons. The first-order chi connectivity index (χ1) is 6.62. The lowest BCUT2D eigenvalue weighted by Crippen LogP contribution is -2.26. The van der Waals surface area contributed by atoms with Gasteiger partial charge in [-0.3, -0.25) is 0 Å². The lowest BCUT2D eigenvalue weighted by molar-refractivity contribution is 0.475. The van der Waals surface area contributed by atoms with Crippen molar-refractivity contribution in [3.8, 4) is 0 Å². The van der Waals surface area contributed by atoms with Crippen molar-refractivity contribution < 1.29 is 8.78 Å². The summed E-state index contributed by atoms with van der Waals surface area (Å²) in [6, 6.07) is 3.67. The van der Waals surface area contributed by atoms with Crippen molar-refractivity contribution in [3.63, 3.8) is 0 Å². The average Bonchev–Trinajstić information content (AvgIpc) is 2.58. The van der Waals surface area contributed by atoms with Crippen molar-refractivity contribution in [2.24, 2.45) is 0 Å². The molecule has 1 aliphatic heterocycles. The minimum atomic E-state index is -0.366. The molecule has 14 heavy (non-hydrogen) atoms. The normalized spacial score (nSPS) is 26.8. The lowest BCUT2D eigenvalue weighted by atomic mass is 9.81. The van der Waals surface area contributed by atoms with Gasteiger partial charge in [0, 0.05) is 12.0 Å². The molecule has 1 unspecified atom stereocenters. The number of benzene rings is 1. The topological polar surface area (TPSA) is 12.0 Å². The largest absolute Gasteiger partial charge is 0.316 e. The van der Waals surface area contributed by atoms with Crippen molar-refractivity contribution in [2.75, 3.05) is 13.1 Å². The maximum absolute atomic E-state index is 13.5. The zero-order valence-electron chi connectivity index (χ0n) is 8.11. The van der Waals surface area contributed by atoms with Gasteiger partial charge in [0.2, 0.25) is 0 Å². The van der Waals surface area contributed by atoms with Gasteiger partial charge in [-0.15, -0.1) is 0 Å². The van der Waals surface area contributed by atoms with E-state index < -0.39 is 0 Å². The van der Waals surface area contributed by atoms with Crippen molar-refractivity contribution in [1.82, 2.24) is 5.32 Å². The van der Waals surface area contributed by atoms with E-state index in [1.807, 2.05) is 6.92 Å². The summed E-state index contributed by atoms with van der Waals surface area (Å²) in [6.45, 7) is 3.55. The third kappa shape index (κ3) is 1.52. The average molecular weight is 197 g/mol. The van der Waals surface area contributed by atoms with Gasteiger partial charge in [0.05, 0.1) is 0 Å². The second-order valence-electron chi connectivity index (χ2n) is 4.11. The zero-order chi connectivity index (χ0) is 10.2. The first kappa shape index (κ1) is 9.59. The molecule has 1 heterocycles. The Labute approximate surface area is 82.1 Å². The van der Waals surface area contributed by atoms with Gasteiger partial charge in [0.1, 0.15) is 11.6 Å². The van der Waals surface area contributed by atoms with Crippen LogP contribution in [0.1, 0.15) is 18.9 Å². The Morgan fingerprint density at radius 1 is 1.36 bits per heavy atom. The highest BCUT2D eigenvalue weighted by Gasteiger charge is 2.32. The van der Waals surface area contributed by atoms with Gasteiger partial charge in [-0.05, 0) is 36.7 Å². The van der Waals surface area contributed by atoms with Gasteiger partial charge >= 0.3 is 0 Å². The van der Waals surface area contributed by atoms with Gasteiger partial charge in [0.15, 0.2) is 0 Å². The fourth-order valence-corrected chi connectivity index (χ4v) is 2.01. The van der Waals surface area contributed by atoms with Crippen molar-refractivity contribution in [3.05, 3.63) is 35.4 Å². The zero-order valence-corrected chi connectivity index (χ0v) is 8.11. The maximum Gasteiger partial charge on any atom is 0.127 e. The van der Waals surface area contributed by atoms with Gasteiger partial charge in [-0.1, -0.05) is 6.92 Å². The molecule has 1 aromatic rings. The smallest absolute Gasteiger partial charge is 0.127 e. The van der Waals surface area contributed by atoms with E-state index in [9.17, 15) is 8.78 Å². The molecule has 1 nitrogen and oxygen atoms in total. The summed E-state index contributed by atoms with van der Waals surface area (Å²) >= 11 is 0. The highest BCUT2D eigenvalue weighted by molar-refractivity contribution is 5.28. The van der Waals surface area contributed by atoms with E-state index >= 15 is 0 Å². The Morgan fingerprint density at radius 2 is 2.14 bits per heavy atom. The van der Waals surface area contributed by atoms with E-state index in [0.29, 0.717) is 12.1 Å². The molecular weight excluding hydrogens is 184 g/mol. The van der Waals surface area contributed by atoms with E-state index in [2.05, 4.69) is 5.32 Å². The van der Waals surface area contributed by atoms with Crippen LogP contribution < -0.4 is 5.32 Å². The molecule has 1 fully saturated rings. The molecule has 0 aromatic heterocycles. The fraction of sp³-hybridized carbons (Fsp3) is 0.455. The molecule has 0 bridgehead atoms. The predicted molar refractivity (Wildman–Crippen MR) is 51.2 cm³/mol. The molecule has 1 saturated heterocycles. The van der Waals surface area contributed by atoms with Crippen molar-refractivity contribution in [2.45, 2.75) is 18.8 Å². The van der Waals surface area contributed by atoms with Crippen LogP contribution in [0.25, 0.3) is 0 Å². The molecule has 0 aliphatic carbocycles. The standard InChI is InChI=1S/C11H13F2N/c1-11(4-5-14-7-11)9-6-8(12)2-3-10(9)13/h2-3,6,14H,4-5,7H2,1H3. The molecule has 0 amide bonds. The van der Waals surface area contributed by atoms with E-state index in [1.165, 1.54) is 12.1 Å². The maximum atomic E-state index is 13.5. The van der Waals surface area contributed by atoms with E-state index in [4.69, 9.17) is 0 Å². The van der Waals surface area contributed by atoms with Crippen LogP contribution in [0.3, 0.4) is 0 Å². The van der Waals surface area contributed by atoms with E-state index in [0.717, 1.165) is 19.0 Å². The molecule has 2 rings (SSSR count). The monoisotopic (exact) mass is 197 g/mol. The molecule has 0 spiro atoms. The molecule has 3 heteroatoms. The quantitative estimate of drug-likeness (QED) is 0.727. The Balaban J connectivity index is 2.44. The third-order valence-electron chi connectivity index (χ3n) is 2.95. The molecule has 1 N–H and O–H groups in total. The van der Waals surface area contributed by atoms with Crippen LogP contribution in [-0.2, 0) is 5.41 Å². The Hall–Kier alpha value is -0.960. The van der Waals surface area contributed by atoms with Crippen LogP contribution in [0.2, 0.25) is 0 Å². The minimum absolute atomic E-state index is 0.258. The molecule has 1 atom stereocenters. The Bertz CT molecular complexity index is 343. The van der Waals surface area contributed by atoms with Crippen LogP contribution in [0, 0.1) is 11.6 Å². The van der Waals surface area contributed by atoms with Crippen LogP contribution in [0.5, 0.6) is 0 Å². The lowest BCUT2D eigenvalue weighted by Gasteiger charge is -2.23. The first-order valence-corrected chi connectivity index (χ1v) is 4.78. The third-order valence-corrected chi connectivity index (χ3v) is 2.95. The van der Waals surface area contributed by atoms with Gasteiger partial charge in [-0.2, -0.15) is 0 Å². The highest BCUT2D eigenvalue weighted by Crippen LogP contribution is 2.32. The van der Waals surface area contributed by atoms with E-state index in [-0.39, 0.29) is 17.0 Å². The van der Waals surface area contributed by atoms with Gasteiger partial charge in [-0.25, -0.2) is 8.78 Å². The summed E-state index contributed by atoms with van der Waals surface area (Å²) in [6.07, 6.45) is 0.855. The van der Waals surface area contributed by atoms with Crippen LogP contribution >= 0.6 is 0 Å². The summed E-state index contributed by atoms with van der Waals surface area (Å²) in [5, 5.41) is 3.17. The summed E-state index contributed by atoms with van der Waals surface area (Å²) in [4.78, 5) is 0. The highest BCUT2D eigenvalue weighted by atomic mass is 19.1. The molecule has 0 saturated carbocycles. The molecule has 1 aromatic carbocycles. The number of hydrogen-bond donors (Lipinski definition) is 1. The summed E-state index contributed by atoms with van der Waals surface area (Å²) in [7, 11) is 0. The summed E-state index contributed by atoms with van der Waals surface area (Å²) in [5.74, 6) is -0.674. The predicted octanol–water partition coefficient (Wildman–Crippen LogP) is 2.22. The van der Waals surface area contributed by atoms with Crippen LogP contribution in [-0.4, -0.2) is 13.1 Å². The van der Waals surface area contributed by atoms with E-state index in [1.54, 1.807) is 0 Å². The molecule has 0 radical (unpaired) electrons. The fourth-order valence-electron chi connectivity index (χ4n) is 2.01.